The molecule has 0 bridgehead atoms. The molecule has 1 aromatic heterocycles. The van der Waals surface area contributed by atoms with Crippen LogP contribution in [0.3, 0.4) is 0 Å². The summed E-state index contributed by atoms with van der Waals surface area (Å²) in [5.41, 5.74) is 5.34. The monoisotopic (exact) mass is 268 g/mol. The van der Waals surface area contributed by atoms with Crippen LogP contribution in [-0.2, 0) is 6.54 Å². The van der Waals surface area contributed by atoms with Gasteiger partial charge in [-0.15, -0.1) is 0 Å². The second kappa shape index (κ2) is 6.45. The number of nitrogens with zero attached hydrogens (tertiary/aromatic N) is 1. The van der Waals surface area contributed by atoms with Crippen LogP contribution in [0.2, 0.25) is 0 Å². The number of hydrogen-bond acceptors (Lipinski definition) is 4. The molecule has 1 unspecified atom stereocenters. The quantitative estimate of drug-likeness (QED) is 0.726. The number of hydrogen-bond donors (Lipinski definition) is 3. The van der Waals surface area contributed by atoms with Crippen LogP contribution >= 0.6 is 0 Å². The zero-order valence-corrected chi connectivity index (χ0v) is 12.1. The summed E-state index contributed by atoms with van der Waals surface area (Å²) in [7, 11) is 0. The van der Waals surface area contributed by atoms with Gasteiger partial charge < -0.3 is 11.1 Å². The van der Waals surface area contributed by atoms with Gasteiger partial charge in [0.05, 0.1) is 0 Å². The van der Waals surface area contributed by atoms with Crippen LogP contribution in [0.1, 0.15) is 40.5 Å². The number of nitrogens with two attached hydrogens (primary N) is 1. The van der Waals surface area contributed by atoms with Crippen molar-refractivity contribution in [3.63, 3.8) is 0 Å². The Bertz CT molecular complexity index is 530. The fraction of sp³-hybridized carbons (Fsp3) is 0.692. The lowest BCUT2D eigenvalue weighted by atomic mass is 10.1. The minimum atomic E-state index is -0.456. The van der Waals surface area contributed by atoms with E-state index in [1.54, 1.807) is 0 Å². The van der Waals surface area contributed by atoms with Crippen molar-refractivity contribution in [2.45, 2.75) is 53.1 Å². The van der Waals surface area contributed by atoms with Gasteiger partial charge in [0.2, 0.25) is 0 Å². The molecule has 1 atom stereocenters. The lowest BCUT2D eigenvalue weighted by Crippen LogP contribution is -2.36. The van der Waals surface area contributed by atoms with E-state index in [1.165, 1.54) is 4.57 Å². The first-order valence-electron chi connectivity index (χ1n) is 6.77. The van der Waals surface area contributed by atoms with Gasteiger partial charge in [0, 0.05) is 12.6 Å². The highest BCUT2D eigenvalue weighted by Crippen LogP contribution is 2.14. The van der Waals surface area contributed by atoms with E-state index in [4.69, 9.17) is 5.73 Å². The highest BCUT2D eigenvalue weighted by molar-refractivity contribution is 5.60. The first-order valence-corrected chi connectivity index (χ1v) is 6.77. The number of H-pyrrole nitrogens is 1. The van der Waals surface area contributed by atoms with E-state index in [9.17, 15) is 9.59 Å². The van der Waals surface area contributed by atoms with E-state index >= 15 is 0 Å². The van der Waals surface area contributed by atoms with Crippen LogP contribution in [-0.4, -0.2) is 15.6 Å². The summed E-state index contributed by atoms with van der Waals surface area (Å²) in [6.07, 6.45) is 1.80. The number of unbranched alkanes of at least 4 members (excludes halogenated alkanes) is 1. The molecule has 0 aliphatic heterocycles. The molecule has 0 aliphatic rings. The predicted molar refractivity (Wildman–Crippen MR) is 78.6 cm³/mol. The summed E-state index contributed by atoms with van der Waals surface area (Å²) in [6, 6.07) is 0.0977. The molecule has 1 aromatic rings. The van der Waals surface area contributed by atoms with Crippen molar-refractivity contribution in [1.82, 2.24) is 9.55 Å². The van der Waals surface area contributed by atoms with Gasteiger partial charge in [-0.2, -0.15) is 0 Å². The van der Waals surface area contributed by atoms with Crippen molar-refractivity contribution in [2.75, 3.05) is 11.1 Å². The van der Waals surface area contributed by atoms with E-state index in [-0.39, 0.29) is 17.5 Å². The summed E-state index contributed by atoms with van der Waals surface area (Å²) >= 11 is 0. The van der Waals surface area contributed by atoms with Crippen molar-refractivity contribution < 1.29 is 0 Å². The second-order valence-electron chi connectivity index (χ2n) is 5.20. The molecule has 0 spiro atoms. The number of rotatable bonds is 6. The molecule has 0 amide bonds. The summed E-state index contributed by atoms with van der Waals surface area (Å²) in [6.45, 7) is 8.63. The predicted octanol–water partition coefficient (Wildman–Crippen LogP) is 1.38. The first-order chi connectivity index (χ1) is 8.88. The van der Waals surface area contributed by atoms with Gasteiger partial charge in [-0.25, -0.2) is 4.79 Å². The summed E-state index contributed by atoms with van der Waals surface area (Å²) in [5, 5.41) is 3.09. The van der Waals surface area contributed by atoms with E-state index in [0.717, 1.165) is 12.8 Å². The topological polar surface area (TPSA) is 92.9 Å². The van der Waals surface area contributed by atoms with Gasteiger partial charge in [-0.1, -0.05) is 27.2 Å². The average molecular weight is 268 g/mol. The van der Waals surface area contributed by atoms with Crippen LogP contribution in [0, 0.1) is 5.92 Å². The van der Waals surface area contributed by atoms with E-state index in [0.29, 0.717) is 12.5 Å². The minimum absolute atomic E-state index is 0.0977. The SMILES string of the molecule is CCCCn1c(N)c(NC(C)C(C)C)c(=O)[nH]c1=O. The Balaban J connectivity index is 3.17. The zero-order valence-electron chi connectivity index (χ0n) is 12.1. The molecule has 1 rings (SSSR count). The van der Waals surface area contributed by atoms with Crippen LogP contribution in [0.25, 0.3) is 0 Å². The Kier molecular flexibility index (Phi) is 5.20. The number of aromatic nitrogens is 2. The van der Waals surface area contributed by atoms with Gasteiger partial charge >= 0.3 is 5.69 Å². The van der Waals surface area contributed by atoms with E-state index < -0.39 is 11.2 Å². The largest absolute Gasteiger partial charge is 0.383 e. The third-order valence-corrected chi connectivity index (χ3v) is 3.35. The number of nitrogen functional groups attached to an aromatic ring is 1. The average Bonchev–Trinajstić information content (AvgIpc) is 2.33. The molecule has 1 heterocycles. The van der Waals surface area contributed by atoms with Gasteiger partial charge in [0.1, 0.15) is 11.5 Å². The maximum Gasteiger partial charge on any atom is 0.330 e. The van der Waals surface area contributed by atoms with Crippen LogP contribution in [0.5, 0.6) is 0 Å². The molecule has 0 aliphatic carbocycles. The Morgan fingerprint density at radius 2 is 1.95 bits per heavy atom. The van der Waals surface area contributed by atoms with Gasteiger partial charge in [0.25, 0.3) is 5.56 Å². The van der Waals surface area contributed by atoms with Crippen LogP contribution in [0.4, 0.5) is 11.5 Å². The molecule has 19 heavy (non-hydrogen) atoms. The summed E-state index contributed by atoms with van der Waals surface area (Å²) in [5.74, 6) is 0.574. The van der Waals surface area contributed by atoms with Crippen molar-refractivity contribution in [3.05, 3.63) is 20.8 Å². The molecular weight excluding hydrogens is 244 g/mol. The van der Waals surface area contributed by atoms with Gasteiger partial charge in [0.15, 0.2) is 0 Å². The maximum atomic E-state index is 11.8. The third kappa shape index (κ3) is 3.62. The fourth-order valence-corrected chi connectivity index (χ4v) is 1.66. The first kappa shape index (κ1) is 15.3. The normalized spacial score (nSPS) is 12.7. The molecule has 108 valence electrons. The van der Waals surface area contributed by atoms with E-state index in [2.05, 4.69) is 24.1 Å². The minimum Gasteiger partial charge on any atom is -0.383 e. The Labute approximate surface area is 113 Å². The third-order valence-electron chi connectivity index (χ3n) is 3.35. The highest BCUT2D eigenvalue weighted by Gasteiger charge is 2.15. The molecule has 0 saturated heterocycles. The van der Waals surface area contributed by atoms with Gasteiger partial charge in [-0.05, 0) is 19.3 Å². The molecule has 0 fully saturated rings. The standard InChI is InChI=1S/C13H24N4O2/c1-5-6-7-17-11(14)10(12(18)16-13(17)19)15-9(4)8(2)3/h8-9,15H,5-7,14H2,1-4H3,(H,16,18,19). The van der Waals surface area contributed by atoms with Gasteiger partial charge in [-0.3, -0.25) is 14.3 Å². The maximum absolute atomic E-state index is 11.8. The molecule has 0 saturated carbocycles. The van der Waals surface area contributed by atoms with Crippen LogP contribution < -0.4 is 22.3 Å². The molecule has 6 heteroatoms. The summed E-state index contributed by atoms with van der Waals surface area (Å²) < 4.78 is 1.42. The molecular formula is C13H24N4O2. The molecule has 0 radical (unpaired) electrons. The van der Waals surface area contributed by atoms with E-state index in [1.807, 2.05) is 13.8 Å². The number of nitrogens with one attached hydrogen (secondary N) is 2. The Morgan fingerprint density at radius 3 is 2.47 bits per heavy atom. The van der Waals surface area contributed by atoms with Crippen molar-refractivity contribution >= 4 is 11.5 Å². The molecule has 6 nitrogen and oxygen atoms in total. The Hall–Kier alpha value is -1.72. The highest BCUT2D eigenvalue weighted by atomic mass is 16.2. The molecule has 4 N–H and O–H groups in total. The second-order valence-corrected chi connectivity index (χ2v) is 5.20. The fourth-order valence-electron chi connectivity index (χ4n) is 1.66. The molecule has 0 aromatic carbocycles. The van der Waals surface area contributed by atoms with Crippen molar-refractivity contribution in [3.8, 4) is 0 Å². The smallest absolute Gasteiger partial charge is 0.330 e. The number of anilines is 2. The van der Waals surface area contributed by atoms with Crippen LogP contribution in [0.15, 0.2) is 9.59 Å². The lowest BCUT2D eigenvalue weighted by Gasteiger charge is -2.20. The van der Waals surface area contributed by atoms with Crippen molar-refractivity contribution in [1.29, 1.82) is 0 Å². The Morgan fingerprint density at radius 1 is 1.32 bits per heavy atom. The van der Waals surface area contributed by atoms with Crippen molar-refractivity contribution in [2.24, 2.45) is 5.92 Å². The zero-order chi connectivity index (χ0) is 14.6. The summed E-state index contributed by atoms with van der Waals surface area (Å²) in [4.78, 5) is 25.9. The lowest BCUT2D eigenvalue weighted by molar-refractivity contribution is 0.556. The number of aromatic amines is 1.